The number of nitrogens with zero attached hydrogens (tertiary/aromatic N) is 2. The van der Waals surface area contributed by atoms with Gasteiger partial charge in [0, 0.05) is 45.5 Å². The molecule has 0 amide bonds. The molecule has 0 unspecified atom stereocenters. The number of phenols is 1. The Labute approximate surface area is 321 Å². The lowest BCUT2D eigenvalue weighted by Crippen LogP contribution is -2.70. The van der Waals surface area contributed by atoms with Crippen LogP contribution in [-0.4, -0.2) is 99.7 Å². The molecule has 288 valence electrons. The van der Waals surface area contributed by atoms with Crippen molar-refractivity contribution in [2.45, 2.75) is 87.8 Å². The summed E-state index contributed by atoms with van der Waals surface area (Å²) >= 11 is 1.53. The van der Waals surface area contributed by atoms with Crippen molar-refractivity contribution in [3.05, 3.63) is 80.0 Å². The molecule has 2 fully saturated rings. The number of ether oxygens (including phenoxy) is 4. The van der Waals surface area contributed by atoms with E-state index >= 15 is 0 Å². The van der Waals surface area contributed by atoms with Crippen molar-refractivity contribution < 1.29 is 43.9 Å². The lowest BCUT2D eigenvalue weighted by molar-refractivity contribution is -0.186. The Morgan fingerprint density at radius 2 is 1.82 bits per heavy atom. The molecule has 0 aliphatic carbocycles. The molecule has 11 rings (SSSR count). The van der Waals surface area contributed by atoms with E-state index in [1.165, 1.54) is 11.8 Å². The number of aliphatic hydroxyl groups excluding tert-OH is 1. The molecule has 0 saturated carbocycles. The molecule has 4 aromatic rings. The standard InChI is InChI=1S/C41H44N4O9S/c1-16-7-8-23-21(9-16)22-12-24(39(48)49)43-41(37(22)42-23)14-55-36-27-18(3)19(4)34-35(54-15-53-34)29(27)26(13-52-40(41)50)45-31(36)30-28-20(11-25(38(45)47)44(30)5)10-17(2)33(51-6)32(28)46/h7-10,24-26,30-31,36,38,42-43,46-47H,11-15H2,1-6H3,(H,48,49)/t24-,25-,26-,30+,31+,36+,38-,41+/m0/s1. The van der Waals surface area contributed by atoms with Crippen LogP contribution < -0.4 is 19.5 Å². The van der Waals surface area contributed by atoms with Gasteiger partial charge in [-0.25, -0.2) is 4.79 Å². The fraction of sp³-hybridized carbons (Fsp3) is 0.463. The third-order valence-corrected chi connectivity index (χ3v) is 14.8. The summed E-state index contributed by atoms with van der Waals surface area (Å²) in [5.41, 5.74) is 7.98. The second-order valence-electron chi connectivity index (χ2n) is 16.0. The number of methoxy groups -OCH3 is 1. The normalized spacial score (nSPS) is 30.7. The van der Waals surface area contributed by atoms with Crippen LogP contribution in [0.4, 0.5) is 0 Å². The molecule has 8 atom stereocenters. The summed E-state index contributed by atoms with van der Waals surface area (Å²) in [5.74, 6) is 0.188. The number of phenolic OH excluding ortho intramolecular Hbond substituents is 1. The number of aromatic hydroxyl groups is 1. The molecule has 0 radical (unpaired) electrons. The summed E-state index contributed by atoms with van der Waals surface area (Å²) < 4.78 is 24.5. The van der Waals surface area contributed by atoms with Crippen molar-refractivity contribution in [2.24, 2.45) is 0 Å². The lowest BCUT2D eigenvalue weighted by Gasteiger charge is -2.62. The predicted molar refractivity (Wildman–Crippen MR) is 203 cm³/mol. The van der Waals surface area contributed by atoms with Gasteiger partial charge in [-0.05, 0) is 86.7 Å². The van der Waals surface area contributed by atoms with Crippen molar-refractivity contribution in [2.75, 3.05) is 33.3 Å². The van der Waals surface area contributed by atoms with Crippen LogP contribution >= 0.6 is 11.8 Å². The molecule has 5 N–H and O–H groups in total. The Kier molecular flexibility index (Phi) is 7.64. The molecule has 1 aromatic heterocycles. The van der Waals surface area contributed by atoms with E-state index in [-0.39, 0.29) is 37.4 Å². The fourth-order valence-electron chi connectivity index (χ4n) is 10.7. The number of thioether (sulfide) groups is 1. The molecule has 7 aliphatic rings. The number of carboxylic acid groups (broad SMARTS) is 1. The number of H-pyrrole nitrogens is 1. The van der Waals surface area contributed by atoms with Crippen LogP contribution in [0.2, 0.25) is 0 Å². The molecule has 4 bridgehead atoms. The van der Waals surface area contributed by atoms with Crippen LogP contribution in [-0.2, 0) is 32.7 Å². The maximum absolute atomic E-state index is 14.9. The number of aliphatic hydroxyl groups is 1. The number of hydrogen-bond donors (Lipinski definition) is 5. The van der Waals surface area contributed by atoms with E-state index in [4.69, 9.17) is 18.9 Å². The number of hydrogen-bond acceptors (Lipinski definition) is 12. The van der Waals surface area contributed by atoms with E-state index in [1.54, 1.807) is 7.11 Å². The smallest absolute Gasteiger partial charge is 0.333 e. The van der Waals surface area contributed by atoms with Crippen LogP contribution in [0, 0.1) is 27.7 Å². The number of rotatable bonds is 2. The van der Waals surface area contributed by atoms with Gasteiger partial charge in [0.15, 0.2) is 28.5 Å². The minimum atomic E-state index is -1.55. The maximum Gasteiger partial charge on any atom is 0.333 e. The Morgan fingerprint density at radius 3 is 2.58 bits per heavy atom. The zero-order chi connectivity index (χ0) is 38.4. The third-order valence-electron chi connectivity index (χ3n) is 13.3. The molecular weight excluding hydrogens is 725 g/mol. The first-order valence-electron chi connectivity index (χ1n) is 18.8. The highest BCUT2D eigenvalue weighted by Gasteiger charge is 2.61. The Bertz CT molecular complexity index is 2360. The van der Waals surface area contributed by atoms with Crippen molar-refractivity contribution in [3.63, 3.8) is 0 Å². The van der Waals surface area contributed by atoms with Crippen LogP contribution in [0.5, 0.6) is 23.0 Å². The Hall–Kier alpha value is -4.47. The van der Waals surface area contributed by atoms with Crippen LogP contribution in [0.3, 0.4) is 0 Å². The summed E-state index contributed by atoms with van der Waals surface area (Å²) in [7, 11) is 3.56. The van der Waals surface area contributed by atoms with Gasteiger partial charge in [-0.2, -0.15) is 0 Å². The predicted octanol–water partition coefficient (Wildman–Crippen LogP) is 4.33. The summed E-state index contributed by atoms with van der Waals surface area (Å²) in [6, 6.07) is 5.13. The van der Waals surface area contributed by atoms with E-state index < -0.39 is 53.1 Å². The molecule has 1 spiro atoms. The van der Waals surface area contributed by atoms with Crippen LogP contribution in [0.1, 0.15) is 73.1 Å². The van der Waals surface area contributed by atoms with Crippen molar-refractivity contribution in [3.8, 4) is 23.0 Å². The third kappa shape index (κ3) is 4.57. The second-order valence-corrected chi connectivity index (χ2v) is 17.2. The van der Waals surface area contributed by atoms with Gasteiger partial charge < -0.3 is 39.3 Å². The summed E-state index contributed by atoms with van der Waals surface area (Å²) in [5, 5.41) is 38.9. The minimum Gasteiger partial charge on any atom is -0.504 e. The highest BCUT2D eigenvalue weighted by atomic mass is 32.2. The van der Waals surface area contributed by atoms with E-state index in [9.17, 15) is 24.9 Å². The Morgan fingerprint density at radius 1 is 1.04 bits per heavy atom. The van der Waals surface area contributed by atoms with Gasteiger partial charge >= 0.3 is 11.9 Å². The molecule has 7 aliphatic heterocycles. The van der Waals surface area contributed by atoms with Gasteiger partial charge in [-0.1, -0.05) is 17.7 Å². The average Bonchev–Trinajstić information content (AvgIpc) is 3.79. The average molecular weight is 769 g/mol. The molecule has 2 saturated heterocycles. The Balaban J connectivity index is 1.22. The number of carbonyl (C=O) groups is 2. The van der Waals surface area contributed by atoms with Gasteiger partial charge in [-0.3, -0.25) is 19.9 Å². The number of piperazine rings is 1. The monoisotopic (exact) mass is 768 g/mol. The summed E-state index contributed by atoms with van der Waals surface area (Å²) in [6.45, 7) is 7.90. The highest BCUT2D eigenvalue weighted by molar-refractivity contribution is 7.99. The second kappa shape index (κ2) is 12.0. The van der Waals surface area contributed by atoms with Gasteiger partial charge in [0.1, 0.15) is 18.9 Å². The number of esters is 1. The van der Waals surface area contributed by atoms with Gasteiger partial charge in [0.25, 0.3) is 0 Å². The first-order chi connectivity index (χ1) is 26.4. The molecule has 8 heterocycles. The number of carbonyl (C=O) groups excluding carboxylic acids is 1. The first kappa shape index (κ1) is 35.0. The molecule has 13 nitrogen and oxygen atoms in total. The summed E-state index contributed by atoms with van der Waals surface area (Å²) in [4.78, 5) is 35.6. The maximum atomic E-state index is 14.9. The number of aromatic amines is 1. The number of aryl methyl sites for hydroxylation is 2. The van der Waals surface area contributed by atoms with Crippen molar-refractivity contribution >= 4 is 34.6 Å². The number of fused-ring (bicyclic) bond motifs is 11. The number of benzene rings is 3. The van der Waals surface area contributed by atoms with E-state index in [0.29, 0.717) is 29.4 Å². The van der Waals surface area contributed by atoms with Gasteiger partial charge in [0.05, 0.1) is 30.9 Å². The SMILES string of the molecule is COc1c(C)cc2c(c1O)[C@@H]1[C@@H]3[C@@H]4SC[C@]5(N[C@H](C(=O)O)Cc6c5[nH]c5ccc(C)cc65)C(=O)OC[C@@H](c5c6c(c(C)c(C)c54)OCO6)N3[C@@H](O)[C@H](C2)N1C. The molecular formula is C41H44N4O9S. The van der Waals surface area contributed by atoms with E-state index in [0.717, 1.165) is 61.0 Å². The zero-order valence-corrected chi connectivity index (χ0v) is 32.3. The highest BCUT2D eigenvalue weighted by Crippen LogP contribution is 2.63. The number of carboxylic acids is 1. The largest absolute Gasteiger partial charge is 0.504 e. The quantitative estimate of drug-likeness (QED) is 0.183. The lowest BCUT2D eigenvalue weighted by atomic mass is 9.72. The molecule has 3 aromatic carbocycles. The van der Waals surface area contributed by atoms with Gasteiger partial charge in [0.2, 0.25) is 6.79 Å². The van der Waals surface area contributed by atoms with Gasteiger partial charge in [-0.15, -0.1) is 11.8 Å². The number of aliphatic carboxylic acids is 1. The fourth-order valence-corrected chi connectivity index (χ4v) is 12.5. The van der Waals surface area contributed by atoms with Crippen LogP contribution in [0.15, 0.2) is 24.3 Å². The molecule has 14 heteroatoms. The summed E-state index contributed by atoms with van der Waals surface area (Å²) in [6.07, 6.45) is -0.303. The number of nitrogens with one attached hydrogen (secondary N) is 2. The van der Waals surface area contributed by atoms with E-state index in [2.05, 4.69) is 33.1 Å². The van der Waals surface area contributed by atoms with Crippen molar-refractivity contribution in [1.29, 1.82) is 0 Å². The van der Waals surface area contributed by atoms with Crippen LogP contribution in [0.25, 0.3) is 10.9 Å². The zero-order valence-electron chi connectivity index (χ0n) is 31.5. The number of likely N-dealkylation sites (N-methyl/N-ethyl adjacent to an activating group) is 1. The topological polar surface area (TPSA) is 166 Å². The van der Waals surface area contributed by atoms with E-state index in [1.807, 2.05) is 46.0 Å². The number of aromatic nitrogens is 1. The van der Waals surface area contributed by atoms with Crippen molar-refractivity contribution in [1.82, 2.24) is 20.1 Å². The first-order valence-corrected chi connectivity index (χ1v) is 19.8. The minimum absolute atomic E-state index is 0.0446. The molecule has 55 heavy (non-hydrogen) atoms.